The average Bonchev–Trinajstić information content (AvgIpc) is 3.09. The summed E-state index contributed by atoms with van der Waals surface area (Å²) in [7, 11) is 1.17. The van der Waals surface area contributed by atoms with Gasteiger partial charge in [0.1, 0.15) is 17.7 Å². The van der Waals surface area contributed by atoms with Gasteiger partial charge in [0, 0.05) is 47.0 Å². The minimum atomic E-state index is -1.61. The molecule has 0 aromatic heterocycles. The molecule has 2 amide bonds. The molecule has 244 valence electrons. The Morgan fingerprint density at radius 3 is 2.09 bits per heavy atom. The highest BCUT2D eigenvalue weighted by atomic mass is 19.1. The molecule has 0 aliphatic carbocycles. The summed E-state index contributed by atoms with van der Waals surface area (Å²) in [6.07, 6.45) is -0.595. The number of hydrogen-bond donors (Lipinski definition) is 1. The van der Waals surface area contributed by atoms with Crippen molar-refractivity contribution in [2.75, 3.05) is 13.7 Å². The van der Waals surface area contributed by atoms with Gasteiger partial charge in [0.05, 0.1) is 0 Å². The highest BCUT2D eigenvalue weighted by Gasteiger charge is 2.45. The first-order valence-corrected chi connectivity index (χ1v) is 14.5. The molecule has 0 saturated carbocycles. The second kappa shape index (κ2) is 17.4. The molecule has 1 aromatic rings. The van der Waals surface area contributed by atoms with Crippen LogP contribution in [0.5, 0.6) is 0 Å². The van der Waals surface area contributed by atoms with Crippen LogP contribution in [-0.4, -0.2) is 78.7 Å². The van der Waals surface area contributed by atoms with Crippen molar-refractivity contribution < 1.29 is 51.7 Å². The Labute approximate surface area is 256 Å². The molecule has 11 nitrogen and oxygen atoms in total. The van der Waals surface area contributed by atoms with Gasteiger partial charge in [0.15, 0.2) is 24.4 Å². The van der Waals surface area contributed by atoms with Crippen LogP contribution in [0.2, 0.25) is 0 Å². The number of amides is 2. The highest BCUT2D eigenvalue weighted by Crippen LogP contribution is 2.23. The maximum atomic E-state index is 13.8. The van der Waals surface area contributed by atoms with E-state index in [0.717, 1.165) is 45.4 Å². The molecule has 1 N–H and O–H groups in total. The molecular weight excluding hydrogens is 582 g/mol. The van der Waals surface area contributed by atoms with Crippen LogP contribution in [0.4, 0.5) is 8.78 Å². The normalized spacial score (nSPS) is 18.9. The van der Waals surface area contributed by atoms with Crippen molar-refractivity contribution >= 4 is 29.7 Å². The van der Waals surface area contributed by atoms with Gasteiger partial charge in [-0.1, -0.05) is 26.3 Å². The SMILES string of the molecule is CCC(C)/C=C/[C@@H](OC(C)=O)[C@H](OC(C)=O)[C@@H](OC(C)=O)[C@@H](OC)C(=O)N[C@H]1CCCCN(Cc2cc(F)cc(F)c2)C1=O. The average molecular weight is 625 g/mol. The van der Waals surface area contributed by atoms with E-state index in [9.17, 15) is 32.8 Å². The number of likely N-dealkylation sites (tertiary alicyclic amines) is 1. The maximum Gasteiger partial charge on any atom is 0.303 e. The maximum absolute atomic E-state index is 13.8. The predicted molar refractivity (Wildman–Crippen MR) is 154 cm³/mol. The monoisotopic (exact) mass is 624 g/mol. The summed E-state index contributed by atoms with van der Waals surface area (Å²) in [4.78, 5) is 64.9. The predicted octanol–water partition coefficient (Wildman–Crippen LogP) is 3.37. The van der Waals surface area contributed by atoms with Crippen molar-refractivity contribution in [1.29, 1.82) is 0 Å². The van der Waals surface area contributed by atoms with E-state index in [2.05, 4.69) is 5.32 Å². The van der Waals surface area contributed by atoms with Crippen LogP contribution in [0.1, 0.15) is 65.9 Å². The number of halogens is 2. The van der Waals surface area contributed by atoms with Gasteiger partial charge in [-0.3, -0.25) is 24.0 Å². The summed E-state index contributed by atoms with van der Waals surface area (Å²) in [5.74, 6) is -5.21. The van der Waals surface area contributed by atoms with Gasteiger partial charge >= 0.3 is 17.9 Å². The Morgan fingerprint density at radius 1 is 0.955 bits per heavy atom. The molecule has 1 heterocycles. The van der Waals surface area contributed by atoms with E-state index in [1.165, 1.54) is 18.1 Å². The number of carbonyl (C=O) groups excluding carboxylic acids is 5. The van der Waals surface area contributed by atoms with Gasteiger partial charge in [-0.2, -0.15) is 0 Å². The Balaban J connectivity index is 2.40. The smallest absolute Gasteiger partial charge is 0.303 e. The van der Waals surface area contributed by atoms with E-state index in [1.807, 2.05) is 13.8 Å². The van der Waals surface area contributed by atoms with Crippen LogP contribution < -0.4 is 5.32 Å². The lowest BCUT2D eigenvalue weighted by molar-refractivity contribution is -0.192. The Hall–Kier alpha value is -3.87. The fraction of sp³-hybridized carbons (Fsp3) is 0.581. The van der Waals surface area contributed by atoms with Gasteiger partial charge in [-0.05, 0) is 49.0 Å². The number of esters is 3. The molecule has 6 atom stereocenters. The molecule has 1 aliphatic heterocycles. The zero-order valence-corrected chi connectivity index (χ0v) is 26.0. The zero-order valence-electron chi connectivity index (χ0n) is 26.0. The van der Waals surface area contributed by atoms with Gasteiger partial charge < -0.3 is 29.2 Å². The molecule has 0 radical (unpaired) electrons. The van der Waals surface area contributed by atoms with E-state index >= 15 is 0 Å². The molecule has 1 aliphatic rings. The summed E-state index contributed by atoms with van der Waals surface area (Å²) in [5.41, 5.74) is 0.249. The summed E-state index contributed by atoms with van der Waals surface area (Å²) < 4.78 is 49.3. The second-order valence-corrected chi connectivity index (χ2v) is 10.7. The number of benzene rings is 1. The standard InChI is InChI=1S/C31H42F2N2O9/c1-7-18(2)11-12-26(42-19(3)36)27(43-20(4)37)28(44-21(5)38)29(41-6)30(39)34-25-10-8-9-13-35(31(25)40)17-22-14-23(32)16-24(33)15-22/h11-12,14-16,18,25-29H,7-10,13,17H2,1-6H3,(H,34,39)/b12-11+/t18?,25-,26+,27-,28+,29+/m0/s1. The Kier molecular flexibility index (Phi) is 14.4. The highest BCUT2D eigenvalue weighted by molar-refractivity contribution is 5.90. The van der Waals surface area contributed by atoms with Crippen LogP contribution in [0.25, 0.3) is 0 Å². The topological polar surface area (TPSA) is 138 Å². The molecule has 44 heavy (non-hydrogen) atoms. The lowest BCUT2D eigenvalue weighted by Gasteiger charge is -2.34. The fourth-order valence-corrected chi connectivity index (χ4v) is 4.81. The number of allylic oxidation sites excluding steroid dienone is 1. The van der Waals surface area contributed by atoms with Gasteiger partial charge in [-0.25, -0.2) is 8.78 Å². The third kappa shape index (κ3) is 11.3. The van der Waals surface area contributed by atoms with Gasteiger partial charge in [-0.15, -0.1) is 0 Å². The quantitative estimate of drug-likeness (QED) is 0.188. The lowest BCUT2D eigenvalue weighted by atomic mass is 9.98. The third-order valence-electron chi connectivity index (χ3n) is 7.03. The number of nitrogens with one attached hydrogen (secondary N) is 1. The summed E-state index contributed by atoms with van der Waals surface area (Å²) in [5, 5.41) is 2.64. The van der Waals surface area contributed by atoms with Crippen LogP contribution in [0, 0.1) is 17.6 Å². The number of ether oxygens (including phenoxy) is 4. The molecule has 2 rings (SSSR count). The Bertz CT molecular complexity index is 1190. The van der Waals surface area contributed by atoms with E-state index in [-0.39, 0.29) is 24.4 Å². The Morgan fingerprint density at radius 2 is 1.55 bits per heavy atom. The number of nitrogens with zero attached hydrogens (tertiary/aromatic N) is 1. The summed E-state index contributed by atoms with van der Waals surface area (Å²) in [6.45, 7) is 7.41. The van der Waals surface area contributed by atoms with Crippen molar-refractivity contribution in [2.45, 2.75) is 97.3 Å². The van der Waals surface area contributed by atoms with Crippen molar-refractivity contribution in [2.24, 2.45) is 5.92 Å². The van der Waals surface area contributed by atoms with Gasteiger partial charge in [0.2, 0.25) is 5.91 Å². The zero-order chi connectivity index (χ0) is 33.0. The molecule has 13 heteroatoms. The lowest BCUT2D eigenvalue weighted by Crippen LogP contribution is -2.58. The number of carbonyl (C=O) groups is 5. The van der Waals surface area contributed by atoms with E-state index in [0.29, 0.717) is 19.4 Å². The molecular formula is C31H42F2N2O9. The molecule has 1 fully saturated rings. The molecule has 1 aromatic carbocycles. The van der Waals surface area contributed by atoms with Crippen molar-refractivity contribution in [3.8, 4) is 0 Å². The summed E-state index contributed by atoms with van der Waals surface area (Å²) in [6, 6.07) is 1.95. The van der Waals surface area contributed by atoms with Crippen LogP contribution >= 0.6 is 0 Å². The van der Waals surface area contributed by atoms with E-state index < -0.39 is 71.8 Å². The number of hydrogen-bond acceptors (Lipinski definition) is 9. The first kappa shape index (κ1) is 36.3. The number of methoxy groups -OCH3 is 1. The van der Waals surface area contributed by atoms with E-state index in [4.69, 9.17) is 18.9 Å². The first-order valence-electron chi connectivity index (χ1n) is 14.5. The minimum absolute atomic E-state index is 0.0489. The largest absolute Gasteiger partial charge is 0.455 e. The first-order chi connectivity index (χ1) is 20.7. The fourth-order valence-electron chi connectivity index (χ4n) is 4.81. The minimum Gasteiger partial charge on any atom is -0.455 e. The van der Waals surface area contributed by atoms with Crippen LogP contribution in [-0.2, 0) is 49.5 Å². The molecule has 1 saturated heterocycles. The van der Waals surface area contributed by atoms with Gasteiger partial charge in [0.25, 0.3) is 5.91 Å². The second-order valence-electron chi connectivity index (χ2n) is 10.7. The van der Waals surface area contributed by atoms with Crippen molar-refractivity contribution in [3.05, 3.63) is 47.5 Å². The van der Waals surface area contributed by atoms with Crippen LogP contribution in [0.3, 0.4) is 0 Å². The number of rotatable bonds is 14. The van der Waals surface area contributed by atoms with Crippen molar-refractivity contribution in [3.63, 3.8) is 0 Å². The molecule has 0 spiro atoms. The molecule has 1 unspecified atom stereocenters. The van der Waals surface area contributed by atoms with Crippen LogP contribution in [0.15, 0.2) is 30.4 Å². The van der Waals surface area contributed by atoms with E-state index in [1.54, 1.807) is 6.08 Å². The molecule has 0 bridgehead atoms. The van der Waals surface area contributed by atoms with Crippen molar-refractivity contribution in [1.82, 2.24) is 10.2 Å². The summed E-state index contributed by atoms with van der Waals surface area (Å²) >= 11 is 0. The third-order valence-corrected chi connectivity index (χ3v) is 7.03.